The van der Waals surface area contributed by atoms with Gasteiger partial charge in [0.15, 0.2) is 0 Å². The highest BCUT2D eigenvalue weighted by atomic mass is 16.4. The lowest BCUT2D eigenvalue weighted by Gasteiger charge is -1.98. The van der Waals surface area contributed by atoms with E-state index in [0.717, 1.165) is 11.1 Å². The molecule has 0 saturated heterocycles. The molecule has 4 aromatic rings. The number of hydrogen-bond acceptors (Lipinski definition) is 7. The second-order valence-corrected chi connectivity index (χ2v) is 7.82. The van der Waals surface area contributed by atoms with Crippen LogP contribution in [-0.4, -0.2) is 44.9 Å². The van der Waals surface area contributed by atoms with E-state index in [4.69, 9.17) is 10.2 Å². The minimum Gasteiger partial charge on any atom is -0.508 e. The van der Waals surface area contributed by atoms with Gasteiger partial charge in [-0.15, -0.1) is 0 Å². The zero-order valence-corrected chi connectivity index (χ0v) is 20.5. The second-order valence-electron chi connectivity index (χ2n) is 7.82. The number of phenolic OH excluding ortho intramolecular Hbond substituents is 6. The van der Waals surface area contributed by atoms with Gasteiger partial charge in [0.25, 0.3) is 0 Å². The lowest BCUT2D eigenvalue weighted by molar-refractivity contribution is 0.277. The van der Waals surface area contributed by atoms with Gasteiger partial charge in [-0.2, -0.15) is 0 Å². The maximum atomic E-state index is 9.30. The Bertz CT molecular complexity index is 1170. The van der Waals surface area contributed by atoms with Crippen LogP contribution in [0.4, 0.5) is 0 Å². The molecular formula is C30H30O7. The number of methoxy groups -OCH3 is 1. The van der Waals surface area contributed by atoms with Gasteiger partial charge in [-0.05, 0) is 70.8 Å². The van der Waals surface area contributed by atoms with Crippen molar-refractivity contribution in [3.8, 4) is 34.5 Å². The quantitative estimate of drug-likeness (QED) is 0.183. The fourth-order valence-electron chi connectivity index (χ4n) is 2.98. The Hall–Kier alpha value is -4.88. The van der Waals surface area contributed by atoms with E-state index >= 15 is 0 Å². The summed E-state index contributed by atoms with van der Waals surface area (Å²) in [5.41, 5.74) is 3.25. The van der Waals surface area contributed by atoms with Crippen LogP contribution in [-0.2, 0) is 4.74 Å². The Balaban J connectivity index is 0.000000235. The summed E-state index contributed by atoms with van der Waals surface area (Å²) in [6.45, 7) is 0. The number of benzene rings is 4. The summed E-state index contributed by atoms with van der Waals surface area (Å²) < 4.78 is 4.25. The summed E-state index contributed by atoms with van der Waals surface area (Å²) in [5, 5.41) is 55.5. The molecule has 6 N–H and O–H groups in total. The Morgan fingerprint density at radius 3 is 0.892 bits per heavy atom. The molecule has 0 fully saturated rings. The molecule has 0 aliphatic heterocycles. The normalized spacial score (nSPS) is 10.4. The van der Waals surface area contributed by atoms with Crippen molar-refractivity contribution in [3.05, 3.63) is 107 Å². The molecule has 0 aliphatic carbocycles. The third-order valence-electron chi connectivity index (χ3n) is 4.57. The van der Waals surface area contributed by atoms with Crippen molar-refractivity contribution in [1.82, 2.24) is 0 Å². The van der Waals surface area contributed by atoms with Crippen molar-refractivity contribution in [2.75, 3.05) is 14.2 Å². The van der Waals surface area contributed by atoms with Crippen LogP contribution < -0.4 is 0 Å². The Kier molecular flexibility index (Phi) is 11.1. The number of ether oxygens (including phenoxy) is 1. The van der Waals surface area contributed by atoms with Crippen LogP contribution in [0.5, 0.6) is 34.5 Å². The molecule has 0 amide bonds. The first kappa shape index (κ1) is 28.4. The number of aromatic hydroxyl groups is 6. The van der Waals surface area contributed by atoms with Gasteiger partial charge in [0, 0.05) is 26.4 Å². The highest BCUT2D eigenvalue weighted by Crippen LogP contribution is 2.23. The smallest absolute Gasteiger partial charge is 0.119 e. The summed E-state index contributed by atoms with van der Waals surface area (Å²) in [5.74, 6) is 0.533. The van der Waals surface area contributed by atoms with Crippen LogP contribution in [0.15, 0.2) is 84.9 Å². The highest BCUT2D eigenvalue weighted by molar-refractivity contribution is 5.72. The van der Waals surface area contributed by atoms with Gasteiger partial charge in [0.2, 0.25) is 0 Å². The van der Waals surface area contributed by atoms with Gasteiger partial charge < -0.3 is 35.4 Å². The van der Waals surface area contributed by atoms with Gasteiger partial charge >= 0.3 is 0 Å². The summed E-state index contributed by atoms with van der Waals surface area (Å²) in [6.07, 6.45) is 7.19. The molecule has 0 heterocycles. The maximum absolute atomic E-state index is 9.30. The molecule has 192 valence electrons. The Labute approximate surface area is 215 Å². The topological polar surface area (TPSA) is 131 Å². The van der Waals surface area contributed by atoms with Crippen LogP contribution in [0.2, 0.25) is 0 Å². The predicted octanol–water partition coefficient (Wildman–Crippen LogP) is 6.21. The SMILES string of the molecule is COC.Oc1ccc(/C=C/c2cc(O)cc(O)c2)cc1.Oc1ccc(/C=C/c2cc(O)cc(O)c2)cc1. The number of phenols is 6. The van der Waals surface area contributed by atoms with Gasteiger partial charge in [-0.25, -0.2) is 0 Å². The Morgan fingerprint density at radius 1 is 0.378 bits per heavy atom. The monoisotopic (exact) mass is 502 g/mol. The van der Waals surface area contributed by atoms with Crippen LogP contribution in [0.3, 0.4) is 0 Å². The first-order chi connectivity index (χ1) is 17.7. The molecule has 37 heavy (non-hydrogen) atoms. The zero-order chi connectivity index (χ0) is 27.2. The van der Waals surface area contributed by atoms with E-state index in [1.54, 1.807) is 99.2 Å². The molecule has 4 rings (SSSR count). The van der Waals surface area contributed by atoms with Crippen molar-refractivity contribution in [1.29, 1.82) is 0 Å². The minimum absolute atomic E-state index is 0.0235. The fraction of sp³-hybridized carbons (Fsp3) is 0.0667. The predicted molar refractivity (Wildman–Crippen MR) is 147 cm³/mol. The largest absolute Gasteiger partial charge is 0.508 e. The average Bonchev–Trinajstić information content (AvgIpc) is 2.83. The molecule has 4 aromatic carbocycles. The average molecular weight is 503 g/mol. The third kappa shape index (κ3) is 10.9. The van der Waals surface area contributed by atoms with Crippen LogP contribution in [0.25, 0.3) is 24.3 Å². The molecule has 0 bridgehead atoms. The standard InChI is InChI=1S/2C14H12O3.C2H6O/c2*15-12-5-3-10(4-6-12)1-2-11-7-13(16)9-14(17)8-11;1-3-2/h2*1-9,15-17H;1-2H3/b2*2-1+;. The van der Waals surface area contributed by atoms with Gasteiger partial charge in [0.1, 0.15) is 34.5 Å². The summed E-state index contributed by atoms with van der Waals surface area (Å²) in [7, 11) is 3.25. The summed E-state index contributed by atoms with van der Waals surface area (Å²) in [4.78, 5) is 0. The van der Waals surface area contributed by atoms with Crippen molar-refractivity contribution in [2.45, 2.75) is 0 Å². The second kappa shape index (κ2) is 14.5. The van der Waals surface area contributed by atoms with Crippen molar-refractivity contribution in [3.63, 3.8) is 0 Å². The van der Waals surface area contributed by atoms with Gasteiger partial charge in [-0.3, -0.25) is 0 Å². The van der Waals surface area contributed by atoms with Crippen molar-refractivity contribution >= 4 is 24.3 Å². The van der Waals surface area contributed by atoms with E-state index in [0.29, 0.717) is 11.1 Å². The fourth-order valence-corrected chi connectivity index (χ4v) is 2.98. The lowest BCUT2D eigenvalue weighted by Crippen LogP contribution is -1.74. The molecule has 0 aliphatic rings. The third-order valence-corrected chi connectivity index (χ3v) is 4.57. The summed E-state index contributed by atoms with van der Waals surface area (Å²) in [6, 6.07) is 22.2. The lowest BCUT2D eigenvalue weighted by atomic mass is 10.1. The molecule has 0 saturated carbocycles. The first-order valence-corrected chi connectivity index (χ1v) is 11.1. The molecule has 0 radical (unpaired) electrons. The zero-order valence-electron chi connectivity index (χ0n) is 20.5. The van der Waals surface area contributed by atoms with E-state index in [-0.39, 0.29) is 34.5 Å². The molecule has 0 aromatic heterocycles. The van der Waals surface area contributed by atoms with Crippen LogP contribution in [0.1, 0.15) is 22.3 Å². The minimum atomic E-state index is 0.0235. The van der Waals surface area contributed by atoms with E-state index in [1.807, 2.05) is 12.2 Å². The van der Waals surface area contributed by atoms with E-state index < -0.39 is 0 Å². The molecular weight excluding hydrogens is 472 g/mol. The van der Waals surface area contributed by atoms with Crippen molar-refractivity contribution < 1.29 is 35.4 Å². The number of hydrogen-bond donors (Lipinski definition) is 6. The van der Waals surface area contributed by atoms with Crippen molar-refractivity contribution in [2.24, 2.45) is 0 Å². The highest BCUT2D eigenvalue weighted by Gasteiger charge is 1.97. The molecule has 7 nitrogen and oxygen atoms in total. The maximum Gasteiger partial charge on any atom is 0.119 e. The van der Waals surface area contributed by atoms with E-state index in [2.05, 4.69) is 4.74 Å². The van der Waals surface area contributed by atoms with E-state index in [1.165, 1.54) is 12.1 Å². The molecule has 0 unspecified atom stereocenters. The van der Waals surface area contributed by atoms with Gasteiger partial charge in [-0.1, -0.05) is 48.6 Å². The van der Waals surface area contributed by atoms with Gasteiger partial charge in [0.05, 0.1) is 0 Å². The Morgan fingerprint density at radius 2 is 0.622 bits per heavy atom. The van der Waals surface area contributed by atoms with E-state index in [9.17, 15) is 20.4 Å². The first-order valence-electron chi connectivity index (χ1n) is 11.1. The van der Waals surface area contributed by atoms with Crippen LogP contribution in [0, 0.1) is 0 Å². The number of rotatable bonds is 4. The van der Waals surface area contributed by atoms with Crippen LogP contribution >= 0.6 is 0 Å². The molecule has 7 heteroatoms. The summed E-state index contributed by atoms with van der Waals surface area (Å²) >= 11 is 0. The molecule has 0 atom stereocenters. The molecule has 0 spiro atoms.